The SMILES string of the molecule is Cc1ccc(S(=O)(=O)NCCC(=O)NCC(c2ccco2)N(C)C)c(C)c1. The van der Waals surface area contributed by atoms with Crippen molar-refractivity contribution in [3.05, 3.63) is 53.5 Å². The van der Waals surface area contributed by atoms with Crippen LogP contribution in [0.5, 0.6) is 0 Å². The fourth-order valence-corrected chi connectivity index (χ4v) is 4.05. The van der Waals surface area contributed by atoms with Gasteiger partial charge in [0.25, 0.3) is 0 Å². The summed E-state index contributed by atoms with van der Waals surface area (Å²) in [5.41, 5.74) is 1.68. The number of aryl methyl sites for hydroxylation is 2. The van der Waals surface area contributed by atoms with Gasteiger partial charge in [0, 0.05) is 19.5 Å². The molecule has 1 amide bonds. The Bertz CT molecular complexity index is 861. The maximum Gasteiger partial charge on any atom is 0.240 e. The van der Waals surface area contributed by atoms with E-state index in [0.29, 0.717) is 12.1 Å². The van der Waals surface area contributed by atoms with Crippen LogP contribution in [0.4, 0.5) is 0 Å². The molecule has 0 spiro atoms. The molecular formula is C19H27N3O4S. The van der Waals surface area contributed by atoms with Crippen molar-refractivity contribution in [2.75, 3.05) is 27.2 Å². The highest BCUT2D eigenvalue weighted by Gasteiger charge is 2.19. The lowest BCUT2D eigenvalue weighted by Crippen LogP contribution is -2.36. The van der Waals surface area contributed by atoms with Gasteiger partial charge >= 0.3 is 0 Å². The van der Waals surface area contributed by atoms with Gasteiger partial charge in [-0.05, 0) is 51.7 Å². The summed E-state index contributed by atoms with van der Waals surface area (Å²) in [6, 6.07) is 8.72. The molecule has 0 radical (unpaired) electrons. The molecular weight excluding hydrogens is 366 g/mol. The number of hydrogen-bond donors (Lipinski definition) is 2. The minimum atomic E-state index is -3.64. The second-order valence-electron chi connectivity index (χ2n) is 6.72. The number of rotatable bonds is 9. The van der Waals surface area contributed by atoms with Gasteiger partial charge in [-0.2, -0.15) is 0 Å². The van der Waals surface area contributed by atoms with E-state index in [2.05, 4.69) is 10.0 Å². The molecule has 1 atom stereocenters. The summed E-state index contributed by atoms with van der Waals surface area (Å²) in [5.74, 6) is 0.535. The maximum absolute atomic E-state index is 12.4. The molecule has 1 unspecified atom stereocenters. The van der Waals surface area contributed by atoms with E-state index in [1.807, 2.05) is 38.1 Å². The first-order valence-electron chi connectivity index (χ1n) is 8.74. The van der Waals surface area contributed by atoms with Crippen LogP contribution in [0.2, 0.25) is 0 Å². The molecule has 0 saturated carbocycles. The molecule has 8 heteroatoms. The van der Waals surface area contributed by atoms with Crippen LogP contribution >= 0.6 is 0 Å². The fourth-order valence-electron chi connectivity index (χ4n) is 2.79. The number of sulfonamides is 1. The monoisotopic (exact) mass is 393 g/mol. The van der Waals surface area contributed by atoms with Crippen LogP contribution in [0.25, 0.3) is 0 Å². The first-order valence-corrected chi connectivity index (χ1v) is 10.2. The predicted octanol–water partition coefficient (Wildman–Crippen LogP) is 1.98. The summed E-state index contributed by atoms with van der Waals surface area (Å²) in [7, 11) is 0.164. The van der Waals surface area contributed by atoms with E-state index in [4.69, 9.17) is 4.42 Å². The van der Waals surface area contributed by atoms with Crippen molar-refractivity contribution in [1.29, 1.82) is 0 Å². The second-order valence-corrected chi connectivity index (χ2v) is 8.45. The van der Waals surface area contributed by atoms with Crippen molar-refractivity contribution in [3.63, 3.8) is 0 Å². The van der Waals surface area contributed by atoms with Gasteiger partial charge in [-0.1, -0.05) is 17.7 Å². The molecule has 148 valence electrons. The van der Waals surface area contributed by atoms with Gasteiger partial charge in [0.1, 0.15) is 5.76 Å². The van der Waals surface area contributed by atoms with E-state index in [9.17, 15) is 13.2 Å². The van der Waals surface area contributed by atoms with E-state index in [-0.39, 0.29) is 29.8 Å². The molecule has 1 aromatic carbocycles. The van der Waals surface area contributed by atoms with E-state index in [0.717, 1.165) is 11.3 Å². The number of amides is 1. The molecule has 1 heterocycles. The third kappa shape index (κ3) is 5.92. The Morgan fingerprint density at radius 2 is 1.96 bits per heavy atom. The predicted molar refractivity (Wildman–Crippen MR) is 104 cm³/mol. The number of hydrogen-bond acceptors (Lipinski definition) is 5. The Balaban J connectivity index is 1.85. The topological polar surface area (TPSA) is 91.6 Å². The highest BCUT2D eigenvalue weighted by atomic mass is 32.2. The fraction of sp³-hybridized carbons (Fsp3) is 0.421. The van der Waals surface area contributed by atoms with E-state index in [1.165, 1.54) is 0 Å². The highest BCUT2D eigenvalue weighted by Crippen LogP contribution is 2.18. The largest absolute Gasteiger partial charge is 0.468 e. The average Bonchev–Trinajstić information content (AvgIpc) is 3.08. The lowest BCUT2D eigenvalue weighted by molar-refractivity contribution is -0.121. The molecule has 1 aromatic heterocycles. The summed E-state index contributed by atoms with van der Waals surface area (Å²) in [6.07, 6.45) is 1.65. The van der Waals surface area contributed by atoms with Crippen molar-refractivity contribution < 1.29 is 17.6 Å². The Hall–Kier alpha value is -2.16. The molecule has 0 saturated heterocycles. The lowest BCUT2D eigenvalue weighted by Gasteiger charge is -2.22. The normalized spacial score (nSPS) is 12.9. The van der Waals surface area contributed by atoms with Gasteiger partial charge in [-0.3, -0.25) is 9.69 Å². The molecule has 0 aliphatic carbocycles. The highest BCUT2D eigenvalue weighted by molar-refractivity contribution is 7.89. The first kappa shape index (κ1) is 21.1. The number of nitrogens with zero attached hydrogens (tertiary/aromatic N) is 1. The minimum absolute atomic E-state index is 0.0366. The number of carbonyl (C=O) groups excluding carboxylic acids is 1. The second kappa shape index (κ2) is 9.16. The molecule has 7 nitrogen and oxygen atoms in total. The summed E-state index contributed by atoms with van der Waals surface area (Å²) < 4.78 is 32.7. The zero-order valence-electron chi connectivity index (χ0n) is 16.2. The average molecular weight is 394 g/mol. The summed E-state index contributed by atoms with van der Waals surface area (Å²) in [5, 5.41) is 2.82. The third-order valence-corrected chi connectivity index (χ3v) is 5.87. The van der Waals surface area contributed by atoms with Crippen LogP contribution in [0, 0.1) is 13.8 Å². The number of benzene rings is 1. The van der Waals surface area contributed by atoms with Crippen LogP contribution in [0.15, 0.2) is 45.9 Å². The van der Waals surface area contributed by atoms with Crippen LogP contribution in [-0.4, -0.2) is 46.4 Å². The first-order chi connectivity index (χ1) is 12.7. The summed E-state index contributed by atoms with van der Waals surface area (Å²) in [4.78, 5) is 14.3. The van der Waals surface area contributed by atoms with Gasteiger partial charge < -0.3 is 9.73 Å². The minimum Gasteiger partial charge on any atom is -0.468 e. The third-order valence-electron chi connectivity index (χ3n) is 4.25. The summed E-state index contributed by atoms with van der Waals surface area (Å²) in [6.45, 7) is 4.08. The zero-order valence-corrected chi connectivity index (χ0v) is 17.0. The quantitative estimate of drug-likeness (QED) is 0.680. The zero-order chi connectivity index (χ0) is 20.0. The number of likely N-dealkylation sites (N-methyl/N-ethyl adjacent to an activating group) is 1. The van der Waals surface area contributed by atoms with Crippen molar-refractivity contribution in [2.24, 2.45) is 0 Å². The summed E-state index contributed by atoms with van der Waals surface area (Å²) >= 11 is 0. The Morgan fingerprint density at radius 3 is 2.56 bits per heavy atom. The van der Waals surface area contributed by atoms with Gasteiger partial charge in [0.15, 0.2) is 0 Å². The van der Waals surface area contributed by atoms with Crippen molar-refractivity contribution in [2.45, 2.75) is 31.2 Å². The van der Waals surface area contributed by atoms with E-state index < -0.39 is 10.0 Å². The number of carbonyl (C=O) groups is 1. The van der Waals surface area contributed by atoms with Crippen molar-refractivity contribution >= 4 is 15.9 Å². The number of nitrogens with one attached hydrogen (secondary N) is 2. The number of furan rings is 1. The molecule has 2 rings (SSSR count). The molecule has 0 bridgehead atoms. The maximum atomic E-state index is 12.4. The molecule has 2 N–H and O–H groups in total. The van der Waals surface area contributed by atoms with Crippen molar-refractivity contribution in [3.8, 4) is 0 Å². The standard InChI is InChI=1S/C19H27N3O4S/c1-14-7-8-18(15(2)12-14)27(24,25)21-10-9-19(23)20-13-16(22(3)4)17-6-5-11-26-17/h5-8,11-12,16,21H,9-10,13H2,1-4H3,(H,20,23). The molecule has 2 aromatic rings. The van der Waals surface area contributed by atoms with Gasteiger partial charge in [0.2, 0.25) is 15.9 Å². The smallest absolute Gasteiger partial charge is 0.240 e. The van der Waals surface area contributed by atoms with Crippen LogP contribution in [-0.2, 0) is 14.8 Å². The van der Waals surface area contributed by atoms with Crippen LogP contribution in [0.1, 0.15) is 29.3 Å². The molecule has 27 heavy (non-hydrogen) atoms. The van der Waals surface area contributed by atoms with Crippen molar-refractivity contribution in [1.82, 2.24) is 14.9 Å². The molecule has 0 fully saturated rings. The molecule has 0 aliphatic rings. The van der Waals surface area contributed by atoms with Gasteiger partial charge in [0.05, 0.1) is 17.2 Å². The Morgan fingerprint density at radius 1 is 1.22 bits per heavy atom. The van der Waals surface area contributed by atoms with Crippen LogP contribution in [0.3, 0.4) is 0 Å². The van der Waals surface area contributed by atoms with Gasteiger partial charge in [-0.15, -0.1) is 0 Å². The molecule has 0 aliphatic heterocycles. The lowest BCUT2D eigenvalue weighted by atomic mass is 10.2. The Labute approximate surface area is 160 Å². The van der Waals surface area contributed by atoms with Crippen LogP contribution < -0.4 is 10.0 Å². The van der Waals surface area contributed by atoms with E-state index in [1.54, 1.807) is 31.4 Å². The van der Waals surface area contributed by atoms with E-state index >= 15 is 0 Å². The Kier molecular flexibility index (Phi) is 7.18. The van der Waals surface area contributed by atoms with Gasteiger partial charge in [-0.25, -0.2) is 13.1 Å².